The number of carboxylic acid groups (broad SMARTS) is 1. The minimum absolute atomic E-state index is 0.00858. The molecular weight excluding hydrogens is 357 g/mol. The summed E-state index contributed by atoms with van der Waals surface area (Å²) < 4.78 is 21.1. The number of ether oxygens (including phenoxy) is 1. The molecule has 1 N–H and O–H groups in total. The molecule has 3 aromatic rings. The number of nitrogens with zero attached hydrogens (tertiary/aromatic N) is 1. The number of benzene rings is 1. The van der Waals surface area contributed by atoms with Gasteiger partial charge in [-0.25, -0.2) is 4.39 Å². The highest BCUT2D eigenvalue weighted by Gasteiger charge is 2.25. The van der Waals surface area contributed by atoms with Gasteiger partial charge in [0.2, 0.25) is 0 Å². The number of carbonyl (C=O) groups excluding carboxylic acids is 1. The van der Waals surface area contributed by atoms with Crippen molar-refractivity contribution in [2.45, 2.75) is 27.2 Å². The molecule has 0 saturated heterocycles. The first-order valence-electron chi connectivity index (χ1n) is 8.10. The van der Waals surface area contributed by atoms with Crippen LogP contribution in [0.4, 0.5) is 4.39 Å². The third-order valence-corrected chi connectivity index (χ3v) is 4.60. The summed E-state index contributed by atoms with van der Waals surface area (Å²) in [6.45, 7) is 5.62. The van der Waals surface area contributed by atoms with E-state index in [0.717, 1.165) is 0 Å². The van der Waals surface area contributed by atoms with Crippen LogP contribution < -0.4 is 4.74 Å². The third-order valence-electron chi connectivity index (χ3n) is 3.92. The summed E-state index contributed by atoms with van der Waals surface area (Å²) in [5.41, 5.74) is 1.49. The van der Waals surface area contributed by atoms with Gasteiger partial charge < -0.3 is 9.84 Å². The number of fused-ring (bicyclic) bond motifs is 1. The number of carboxylic acids is 1. The van der Waals surface area contributed by atoms with Crippen LogP contribution in [-0.2, 0) is 11.2 Å². The van der Waals surface area contributed by atoms with E-state index in [1.54, 1.807) is 29.8 Å². The molecule has 0 aliphatic rings. The van der Waals surface area contributed by atoms with Gasteiger partial charge >= 0.3 is 5.97 Å². The second-order valence-corrected chi connectivity index (χ2v) is 6.04. The number of thiophene rings is 1. The van der Waals surface area contributed by atoms with E-state index in [1.165, 1.54) is 29.1 Å². The van der Waals surface area contributed by atoms with Gasteiger partial charge in [-0.15, -0.1) is 0 Å². The summed E-state index contributed by atoms with van der Waals surface area (Å²) in [7, 11) is 1.33. The first-order chi connectivity index (χ1) is 12.5. The van der Waals surface area contributed by atoms with Crippen LogP contribution in [0.2, 0.25) is 0 Å². The highest BCUT2D eigenvalue weighted by Crippen LogP contribution is 2.34. The number of rotatable bonds is 4. The Morgan fingerprint density at radius 2 is 1.96 bits per heavy atom. The lowest BCUT2D eigenvalue weighted by molar-refractivity contribution is -0.136. The minimum Gasteiger partial charge on any atom is -0.494 e. The van der Waals surface area contributed by atoms with Crippen molar-refractivity contribution in [2.24, 2.45) is 0 Å². The Hall–Kier alpha value is -2.67. The third kappa shape index (κ3) is 3.35. The zero-order valence-electron chi connectivity index (χ0n) is 15.0. The SMILES string of the molecule is CC.COc1ccc2c(c1F)c(CC(=O)O)c(C)n2C(=O)c1ccsc1. The van der Waals surface area contributed by atoms with Crippen LogP contribution in [-0.4, -0.2) is 28.7 Å². The molecule has 0 unspecified atom stereocenters. The number of hydrogen-bond donors (Lipinski definition) is 1. The van der Waals surface area contributed by atoms with Crippen molar-refractivity contribution in [2.75, 3.05) is 7.11 Å². The Morgan fingerprint density at radius 1 is 1.27 bits per heavy atom. The lowest BCUT2D eigenvalue weighted by Crippen LogP contribution is -2.13. The standard InChI is InChI=1S/C17H14FNO4S.C2H6/c1-9-11(7-14(20)21)15-12(3-4-13(23-2)16(15)18)19(9)17(22)10-5-6-24-8-10;1-2/h3-6,8H,7H2,1-2H3,(H,20,21);1-2H3. The molecule has 0 atom stereocenters. The van der Waals surface area contributed by atoms with Gasteiger partial charge in [0.15, 0.2) is 11.6 Å². The molecule has 2 aromatic heterocycles. The molecule has 0 fully saturated rings. The van der Waals surface area contributed by atoms with Gasteiger partial charge in [-0.05, 0) is 36.1 Å². The maximum absolute atomic E-state index is 14.7. The van der Waals surface area contributed by atoms with Crippen LogP contribution >= 0.6 is 11.3 Å². The zero-order valence-corrected chi connectivity index (χ0v) is 15.8. The van der Waals surface area contributed by atoms with Crippen LogP contribution in [0.3, 0.4) is 0 Å². The smallest absolute Gasteiger partial charge is 0.307 e. The van der Waals surface area contributed by atoms with Crippen molar-refractivity contribution in [3.8, 4) is 5.75 Å². The first-order valence-corrected chi connectivity index (χ1v) is 9.05. The van der Waals surface area contributed by atoms with Gasteiger partial charge in [0.1, 0.15) is 0 Å². The molecule has 1 aromatic carbocycles. The second kappa shape index (κ2) is 8.14. The molecule has 0 saturated carbocycles. The van der Waals surface area contributed by atoms with E-state index >= 15 is 0 Å². The van der Waals surface area contributed by atoms with E-state index in [9.17, 15) is 14.0 Å². The number of halogens is 1. The summed E-state index contributed by atoms with van der Waals surface area (Å²) in [6, 6.07) is 4.67. The van der Waals surface area contributed by atoms with E-state index in [-0.39, 0.29) is 29.0 Å². The van der Waals surface area contributed by atoms with Gasteiger partial charge in [0.25, 0.3) is 5.91 Å². The molecule has 0 aliphatic heterocycles. The van der Waals surface area contributed by atoms with Gasteiger partial charge in [0, 0.05) is 16.5 Å². The molecule has 7 heteroatoms. The van der Waals surface area contributed by atoms with Gasteiger partial charge in [0.05, 0.1) is 24.6 Å². The lowest BCUT2D eigenvalue weighted by atomic mass is 10.1. The molecule has 0 spiro atoms. The average Bonchev–Trinajstić information content (AvgIpc) is 3.24. The quantitative estimate of drug-likeness (QED) is 0.727. The Balaban J connectivity index is 0.00000117. The Labute approximate surface area is 154 Å². The highest BCUT2D eigenvalue weighted by molar-refractivity contribution is 7.08. The Kier molecular flexibility index (Phi) is 6.15. The maximum atomic E-state index is 14.7. The van der Waals surface area contributed by atoms with Crippen molar-refractivity contribution in [3.05, 3.63) is 51.6 Å². The molecular formula is C19H20FNO4S. The predicted octanol–water partition coefficient (Wildman–Crippen LogP) is 4.50. The van der Waals surface area contributed by atoms with Crippen LogP contribution in [0.15, 0.2) is 29.0 Å². The van der Waals surface area contributed by atoms with Crippen LogP contribution in [0.25, 0.3) is 10.9 Å². The fraction of sp³-hybridized carbons (Fsp3) is 0.263. The van der Waals surface area contributed by atoms with Crippen LogP contribution in [0.1, 0.15) is 35.5 Å². The van der Waals surface area contributed by atoms with E-state index in [2.05, 4.69) is 0 Å². The summed E-state index contributed by atoms with van der Waals surface area (Å²) in [6.07, 6.45) is -0.379. The predicted molar refractivity (Wildman–Crippen MR) is 99.9 cm³/mol. The fourth-order valence-corrected chi connectivity index (χ4v) is 3.45. The molecule has 5 nitrogen and oxygen atoms in total. The van der Waals surface area contributed by atoms with E-state index in [4.69, 9.17) is 9.84 Å². The molecule has 26 heavy (non-hydrogen) atoms. The highest BCUT2D eigenvalue weighted by atomic mass is 32.1. The zero-order chi connectivity index (χ0) is 19.4. The molecule has 0 radical (unpaired) electrons. The number of aromatic nitrogens is 1. The van der Waals surface area contributed by atoms with Gasteiger partial charge in [-0.1, -0.05) is 13.8 Å². The van der Waals surface area contributed by atoms with E-state index < -0.39 is 11.8 Å². The summed E-state index contributed by atoms with van der Waals surface area (Å²) in [4.78, 5) is 24.0. The summed E-state index contributed by atoms with van der Waals surface area (Å²) in [5, 5.41) is 12.7. The fourth-order valence-electron chi connectivity index (χ4n) is 2.82. The summed E-state index contributed by atoms with van der Waals surface area (Å²) in [5.74, 6) is -2.07. The number of carbonyl (C=O) groups is 2. The monoisotopic (exact) mass is 377 g/mol. The number of aliphatic carboxylic acids is 1. The van der Waals surface area contributed by atoms with Gasteiger partial charge in [-0.2, -0.15) is 11.3 Å². The lowest BCUT2D eigenvalue weighted by Gasteiger charge is -2.06. The Morgan fingerprint density at radius 3 is 2.50 bits per heavy atom. The Bertz CT molecular complexity index is 945. The average molecular weight is 377 g/mol. The topological polar surface area (TPSA) is 68.5 Å². The van der Waals surface area contributed by atoms with Gasteiger partial charge in [-0.3, -0.25) is 14.2 Å². The molecule has 0 aliphatic carbocycles. The molecule has 0 bridgehead atoms. The molecule has 138 valence electrons. The van der Waals surface area contributed by atoms with E-state index in [1.807, 2.05) is 13.8 Å². The molecule has 2 heterocycles. The second-order valence-electron chi connectivity index (χ2n) is 5.26. The largest absolute Gasteiger partial charge is 0.494 e. The normalized spacial score (nSPS) is 10.3. The molecule has 3 rings (SSSR count). The van der Waals surface area contributed by atoms with Crippen molar-refractivity contribution in [3.63, 3.8) is 0 Å². The molecule has 0 amide bonds. The van der Waals surface area contributed by atoms with Crippen molar-refractivity contribution < 1.29 is 23.8 Å². The summed E-state index contributed by atoms with van der Waals surface area (Å²) >= 11 is 1.38. The maximum Gasteiger partial charge on any atom is 0.307 e. The number of methoxy groups -OCH3 is 1. The number of hydrogen-bond acceptors (Lipinski definition) is 4. The van der Waals surface area contributed by atoms with E-state index in [0.29, 0.717) is 16.8 Å². The van der Waals surface area contributed by atoms with Crippen LogP contribution in [0, 0.1) is 12.7 Å². The van der Waals surface area contributed by atoms with Crippen LogP contribution in [0.5, 0.6) is 5.75 Å². The first kappa shape index (κ1) is 19.7. The van der Waals surface area contributed by atoms with Crippen molar-refractivity contribution in [1.29, 1.82) is 0 Å². The minimum atomic E-state index is -1.10. The van der Waals surface area contributed by atoms with Crippen molar-refractivity contribution in [1.82, 2.24) is 4.57 Å². The van der Waals surface area contributed by atoms with Crippen molar-refractivity contribution >= 4 is 34.1 Å².